The Morgan fingerprint density at radius 3 is 2.54 bits per heavy atom. The van der Waals surface area contributed by atoms with Crippen molar-refractivity contribution < 1.29 is 18.7 Å². The second kappa shape index (κ2) is 9.41. The first-order chi connectivity index (χ1) is 13.6. The van der Waals surface area contributed by atoms with Crippen LogP contribution < -0.4 is 14.8 Å². The van der Waals surface area contributed by atoms with Gasteiger partial charge in [0, 0.05) is 38.8 Å². The number of benzene rings is 2. The van der Waals surface area contributed by atoms with Crippen molar-refractivity contribution in [3.05, 3.63) is 53.8 Å². The molecule has 1 heterocycles. The van der Waals surface area contributed by atoms with Crippen LogP contribution in [0.2, 0.25) is 0 Å². The van der Waals surface area contributed by atoms with Gasteiger partial charge in [-0.3, -0.25) is 4.90 Å². The second-order valence-electron chi connectivity index (χ2n) is 6.74. The van der Waals surface area contributed by atoms with Crippen molar-refractivity contribution in [1.29, 1.82) is 0 Å². The van der Waals surface area contributed by atoms with Crippen LogP contribution in [-0.4, -0.2) is 56.2 Å². The number of nitrogens with one attached hydrogen (secondary N) is 1. The smallest absolute Gasteiger partial charge is 0.321 e. The van der Waals surface area contributed by atoms with Crippen LogP contribution in [0.25, 0.3) is 0 Å². The van der Waals surface area contributed by atoms with E-state index < -0.39 is 5.82 Å². The fourth-order valence-corrected chi connectivity index (χ4v) is 3.28. The summed E-state index contributed by atoms with van der Waals surface area (Å²) in [6.45, 7) is 3.86. The van der Waals surface area contributed by atoms with Gasteiger partial charge >= 0.3 is 6.03 Å². The third-order valence-electron chi connectivity index (χ3n) is 4.85. The normalized spacial score (nSPS) is 15.0. The van der Waals surface area contributed by atoms with Crippen LogP contribution in [0.4, 0.5) is 14.9 Å². The molecule has 0 spiro atoms. The zero-order valence-electron chi connectivity index (χ0n) is 16.3. The fraction of sp³-hybridized carbons (Fsp3) is 0.381. The fourth-order valence-electron chi connectivity index (χ4n) is 3.28. The number of methoxy groups -OCH3 is 2. The third-order valence-corrected chi connectivity index (χ3v) is 4.85. The molecule has 0 aliphatic carbocycles. The van der Waals surface area contributed by atoms with Crippen molar-refractivity contribution in [2.75, 3.05) is 45.7 Å². The predicted octanol–water partition coefficient (Wildman–Crippen LogP) is 3.58. The molecule has 0 radical (unpaired) electrons. The molecule has 7 heteroatoms. The quantitative estimate of drug-likeness (QED) is 0.852. The number of carbonyl (C=O) groups is 1. The van der Waals surface area contributed by atoms with Crippen molar-refractivity contribution in [3.8, 4) is 11.5 Å². The van der Waals surface area contributed by atoms with Gasteiger partial charge in [-0.15, -0.1) is 0 Å². The number of hydrogen-bond donors (Lipinski definition) is 1. The second-order valence-corrected chi connectivity index (χ2v) is 6.74. The van der Waals surface area contributed by atoms with Gasteiger partial charge in [-0.25, -0.2) is 9.18 Å². The van der Waals surface area contributed by atoms with Crippen LogP contribution in [-0.2, 0) is 6.54 Å². The highest BCUT2D eigenvalue weighted by atomic mass is 19.1. The molecule has 28 heavy (non-hydrogen) atoms. The maximum absolute atomic E-state index is 13.3. The van der Waals surface area contributed by atoms with Crippen molar-refractivity contribution in [2.24, 2.45) is 0 Å². The van der Waals surface area contributed by atoms with E-state index in [1.807, 2.05) is 12.1 Å². The Balaban J connectivity index is 1.56. The zero-order valence-corrected chi connectivity index (χ0v) is 16.3. The van der Waals surface area contributed by atoms with Crippen LogP contribution >= 0.6 is 0 Å². The van der Waals surface area contributed by atoms with Gasteiger partial charge in [-0.1, -0.05) is 12.1 Å². The molecule has 0 atom stereocenters. The summed E-state index contributed by atoms with van der Waals surface area (Å²) in [5.74, 6) is 0.752. The first kappa shape index (κ1) is 19.9. The lowest BCUT2D eigenvalue weighted by atomic mass is 10.2. The summed E-state index contributed by atoms with van der Waals surface area (Å²) in [6.07, 6.45) is 0.893. The molecule has 0 bridgehead atoms. The lowest BCUT2D eigenvalue weighted by molar-refractivity contribution is 0.211. The van der Waals surface area contributed by atoms with E-state index in [4.69, 9.17) is 9.47 Å². The Hall–Kier alpha value is -2.80. The third kappa shape index (κ3) is 5.13. The van der Waals surface area contributed by atoms with E-state index >= 15 is 0 Å². The Morgan fingerprint density at radius 1 is 1.04 bits per heavy atom. The molecular weight excluding hydrogens is 361 g/mol. The zero-order chi connectivity index (χ0) is 19.9. The van der Waals surface area contributed by atoms with Gasteiger partial charge in [0.1, 0.15) is 17.3 Å². The van der Waals surface area contributed by atoms with Crippen LogP contribution in [0.3, 0.4) is 0 Å². The van der Waals surface area contributed by atoms with E-state index in [1.165, 1.54) is 30.9 Å². The minimum absolute atomic E-state index is 0.198. The van der Waals surface area contributed by atoms with Crippen molar-refractivity contribution in [2.45, 2.75) is 13.0 Å². The van der Waals surface area contributed by atoms with E-state index in [9.17, 15) is 9.18 Å². The molecule has 2 amide bonds. The first-order valence-electron chi connectivity index (χ1n) is 9.34. The highest BCUT2D eigenvalue weighted by Crippen LogP contribution is 2.25. The Labute approximate surface area is 164 Å². The summed E-state index contributed by atoms with van der Waals surface area (Å²) in [6, 6.07) is 11.9. The number of halogens is 1. The number of hydrogen-bond acceptors (Lipinski definition) is 4. The SMILES string of the molecule is COc1ccc(CN2CCCN(C(=O)Nc3ccc(F)cc3OC)CC2)cc1. The first-order valence-corrected chi connectivity index (χ1v) is 9.34. The molecule has 0 unspecified atom stereocenters. The molecule has 150 valence electrons. The van der Waals surface area contributed by atoms with Crippen molar-refractivity contribution in [1.82, 2.24) is 9.80 Å². The molecule has 2 aromatic rings. The Morgan fingerprint density at radius 2 is 1.82 bits per heavy atom. The van der Waals surface area contributed by atoms with Crippen molar-refractivity contribution >= 4 is 11.7 Å². The van der Waals surface area contributed by atoms with Gasteiger partial charge in [-0.05, 0) is 36.2 Å². The number of ether oxygens (including phenoxy) is 2. The van der Waals surface area contributed by atoms with Gasteiger partial charge in [0.25, 0.3) is 0 Å². The summed E-state index contributed by atoms with van der Waals surface area (Å²) in [5, 5.41) is 2.83. The molecule has 1 aliphatic heterocycles. The molecular formula is C21H26FN3O3. The Bertz CT molecular complexity index is 798. The Kier molecular flexibility index (Phi) is 6.71. The number of rotatable bonds is 5. The van der Waals surface area contributed by atoms with Gasteiger partial charge < -0.3 is 19.7 Å². The molecule has 0 saturated carbocycles. The minimum Gasteiger partial charge on any atom is -0.497 e. The monoisotopic (exact) mass is 387 g/mol. The van der Waals surface area contributed by atoms with Crippen LogP contribution in [0, 0.1) is 5.82 Å². The molecule has 1 saturated heterocycles. The summed E-state index contributed by atoms with van der Waals surface area (Å²) in [7, 11) is 3.11. The molecule has 1 aliphatic rings. The van der Waals surface area contributed by atoms with E-state index in [-0.39, 0.29) is 6.03 Å². The summed E-state index contributed by atoms with van der Waals surface area (Å²) in [5.41, 5.74) is 1.68. The van der Waals surface area contributed by atoms with Crippen LogP contribution in [0.1, 0.15) is 12.0 Å². The predicted molar refractivity (Wildman–Crippen MR) is 106 cm³/mol. The largest absolute Gasteiger partial charge is 0.497 e. The number of urea groups is 1. The molecule has 0 aromatic heterocycles. The van der Waals surface area contributed by atoms with E-state index in [0.29, 0.717) is 24.5 Å². The minimum atomic E-state index is -0.404. The maximum Gasteiger partial charge on any atom is 0.321 e. The summed E-state index contributed by atoms with van der Waals surface area (Å²) < 4.78 is 23.7. The summed E-state index contributed by atoms with van der Waals surface area (Å²) in [4.78, 5) is 16.8. The lowest BCUT2D eigenvalue weighted by Crippen LogP contribution is -2.38. The maximum atomic E-state index is 13.3. The van der Waals surface area contributed by atoms with Crippen LogP contribution in [0.5, 0.6) is 11.5 Å². The van der Waals surface area contributed by atoms with E-state index in [2.05, 4.69) is 22.3 Å². The highest BCUT2D eigenvalue weighted by molar-refractivity contribution is 5.91. The van der Waals surface area contributed by atoms with E-state index in [1.54, 1.807) is 12.0 Å². The van der Waals surface area contributed by atoms with E-state index in [0.717, 1.165) is 31.8 Å². The number of nitrogens with zero attached hydrogens (tertiary/aromatic N) is 2. The molecule has 1 N–H and O–H groups in total. The van der Waals surface area contributed by atoms with Gasteiger partial charge in [0.2, 0.25) is 0 Å². The van der Waals surface area contributed by atoms with Gasteiger partial charge in [-0.2, -0.15) is 0 Å². The van der Waals surface area contributed by atoms with Gasteiger partial charge in [0.15, 0.2) is 0 Å². The average Bonchev–Trinajstić information content (AvgIpc) is 2.95. The van der Waals surface area contributed by atoms with Gasteiger partial charge in [0.05, 0.1) is 19.9 Å². The molecule has 2 aromatic carbocycles. The highest BCUT2D eigenvalue weighted by Gasteiger charge is 2.20. The lowest BCUT2D eigenvalue weighted by Gasteiger charge is -2.23. The molecule has 3 rings (SSSR count). The molecule has 1 fully saturated rings. The number of carbonyl (C=O) groups excluding carboxylic acids is 1. The summed E-state index contributed by atoms with van der Waals surface area (Å²) >= 11 is 0. The molecule has 6 nitrogen and oxygen atoms in total. The van der Waals surface area contributed by atoms with Crippen molar-refractivity contribution in [3.63, 3.8) is 0 Å². The number of anilines is 1. The topological polar surface area (TPSA) is 54.0 Å². The van der Waals surface area contributed by atoms with Crippen LogP contribution in [0.15, 0.2) is 42.5 Å². The average molecular weight is 387 g/mol. The number of amides is 2. The standard InChI is InChI=1S/C21H26FN3O3/c1-27-18-7-4-16(5-8-18)15-24-10-3-11-25(13-12-24)21(26)23-19-9-6-17(22)14-20(19)28-2/h4-9,14H,3,10-13,15H2,1-2H3,(H,23,26).